The topological polar surface area (TPSA) is 125 Å². The number of anilines is 1. The Bertz CT molecular complexity index is 923. The molecule has 10 heteroatoms. The molecule has 0 fully saturated rings. The molecule has 0 saturated carbocycles. The first-order chi connectivity index (χ1) is 14.0. The highest BCUT2D eigenvalue weighted by atomic mass is 16.6. The van der Waals surface area contributed by atoms with Crippen molar-refractivity contribution in [2.45, 2.75) is 52.0 Å². The van der Waals surface area contributed by atoms with Gasteiger partial charge in [-0.2, -0.15) is 4.68 Å². The third-order valence-corrected chi connectivity index (χ3v) is 4.84. The molecule has 154 valence electrons. The van der Waals surface area contributed by atoms with E-state index in [4.69, 9.17) is 4.74 Å². The molecule has 2 heterocycles. The number of carbonyl (C=O) groups is 1. The number of ether oxygens (including phenoxy) is 1. The molecule has 0 bridgehead atoms. The van der Waals surface area contributed by atoms with E-state index in [9.17, 15) is 14.9 Å². The van der Waals surface area contributed by atoms with E-state index in [1.54, 1.807) is 25.1 Å². The largest absolute Gasteiger partial charge is 0.462 e. The predicted molar refractivity (Wildman–Crippen MR) is 105 cm³/mol. The Labute approximate surface area is 168 Å². The van der Waals surface area contributed by atoms with Crippen molar-refractivity contribution in [3.63, 3.8) is 0 Å². The number of allylic oxidation sites excluding steroid dienone is 1. The molecule has 1 N–H and O–H groups in total. The lowest BCUT2D eigenvalue weighted by Gasteiger charge is -2.27. The molecule has 1 aromatic carbocycles. The van der Waals surface area contributed by atoms with Gasteiger partial charge in [-0.3, -0.25) is 10.1 Å². The molecule has 0 spiro atoms. The van der Waals surface area contributed by atoms with Crippen LogP contribution in [-0.4, -0.2) is 37.7 Å². The molecular weight excluding hydrogens is 376 g/mol. The van der Waals surface area contributed by atoms with Crippen LogP contribution < -0.4 is 5.32 Å². The molecule has 0 saturated heterocycles. The summed E-state index contributed by atoms with van der Waals surface area (Å²) in [5.74, 6) is -0.225. The Kier molecular flexibility index (Phi) is 6.53. The zero-order valence-corrected chi connectivity index (χ0v) is 16.5. The fourth-order valence-corrected chi connectivity index (χ4v) is 3.40. The van der Waals surface area contributed by atoms with E-state index in [0.717, 1.165) is 32.1 Å². The number of hydrogen-bond acceptors (Lipinski definition) is 8. The van der Waals surface area contributed by atoms with Gasteiger partial charge in [-0.15, -0.1) is 0 Å². The van der Waals surface area contributed by atoms with E-state index >= 15 is 0 Å². The molecule has 2 aromatic rings. The van der Waals surface area contributed by atoms with Crippen molar-refractivity contribution in [2.75, 3.05) is 11.9 Å². The highest BCUT2D eigenvalue weighted by Crippen LogP contribution is 2.38. The van der Waals surface area contributed by atoms with E-state index in [0.29, 0.717) is 23.8 Å². The number of nitro groups is 1. The molecule has 0 amide bonds. The van der Waals surface area contributed by atoms with Crippen LogP contribution in [0.2, 0.25) is 0 Å². The van der Waals surface area contributed by atoms with Crippen molar-refractivity contribution >= 4 is 17.6 Å². The van der Waals surface area contributed by atoms with E-state index < -0.39 is 16.9 Å². The summed E-state index contributed by atoms with van der Waals surface area (Å²) in [7, 11) is 0. The maximum Gasteiger partial charge on any atom is 0.338 e. The quantitative estimate of drug-likeness (QED) is 0.294. The minimum Gasteiger partial charge on any atom is -0.462 e. The van der Waals surface area contributed by atoms with Crippen molar-refractivity contribution in [3.8, 4) is 0 Å². The van der Waals surface area contributed by atoms with Crippen LogP contribution in [-0.2, 0) is 9.53 Å². The van der Waals surface area contributed by atoms with Crippen LogP contribution in [0, 0.1) is 10.1 Å². The molecule has 0 aliphatic carbocycles. The number of aromatic nitrogens is 4. The third-order valence-electron chi connectivity index (χ3n) is 4.84. The number of nitro benzene ring substituents is 1. The SMILES string of the molecule is CCCCCCCOC(=O)C1=C(C)Nc2nnnn2C1c1ccccc1[N+](=O)[O-]. The number of para-hydroxylation sites is 1. The minimum atomic E-state index is -0.851. The number of rotatable bonds is 9. The van der Waals surface area contributed by atoms with Gasteiger partial charge in [-0.05, 0) is 29.8 Å². The molecule has 1 atom stereocenters. The Morgan fingerprint density at radius 2 is 2.03 bits per heavy atom. The molecule has 1 aromatic heterocycles. The Morgan fingerprint density at radius 3 is 2.79 bits per heavy atom. The van der Waals surface area contributed by atoms with Crippen LogP contribution in [0.25, 0.3) is 0 Å². The van der Waals surface area contributed by atoms with Crippen LogP contribution in [0.4, 0.5) is 11.6 Å². The summed E-state index contributed by atoms with van der Waals surface area (Å²) in [6.45, 7) is 4.14. The van der Waals surface area contributed by atoms with Gasteiger partial charge in [0, 0.05) is 11.8 Å². The Morgan fingerprint density at radius 1 is 1.28 bits per heavy atom. The van der Waals surface area contributed by atoms with E-state index in [2.05, 4.69) is 27.8 Å². The van der Waals surface area contributed by atoms with Crippen LogP contribution in [0.3, 0.4) is 0 Å². The standard InChI is InChI=1S/C19H24N6O4/c1-3-4-5-6-9-12-29-18(26)16-13(2)20-19-21-22-23-24(19)17(16)14-10-7-8-11-15(14)25(27)28/h7-8,10-11,17H,3-6,9,12H2,1-2H3,(H,20,21,23). The number of esters is 1. The fourth-order valence-electron chi connectivity index (χ4n) is 3.40. The van der Waals surface area contributed by atoms with E-state index in [1.165, 1.54) is 10.7 Å². The number of unbranched alkanes of at least 4 members (excludes halogenated alkanes) is 4. The van der Waals surface area contributed by atoms with Crippen molar-refractivity contribution in [1.82, 2.24) is 20.2 Å². The summed E-state index contributed by atoms with van der Waals surface area (Å²) in [6.07, 6.45) is 5.16. The zero-order chi connectivity index (χ0) is 20.8. The van der Waals surface area contributed by atoms with Gasteiger partial charge in [-0.1, -0.05) is 49.8 Å². The van der Waals surface area contributed by atoms with Gasteiger partial charge in [0.1, 0.15) is 6.04 Å². The number of hydrogen-bond donors (Lipinski definition) is 1. The van der Waals surface area contributed by atoms with Gasteiger partial charge in [0.2, 0.25) is 5.95 Å². The lowest BCUT2D eigenvalue weighted by atomic mass is 9.94. The number of fused-ring (bicyclic) bond motifs is 1. The molecular formula is C19H24N6O4. The van der Waals surface area contributed by atoms with Gasteiger partial charge in [0.15, 0.2) is 0 Å². The first-order valence-corrected chi connectivity index (χ1v) is 9.70. The molecule has 1 aliphatic rings. The van der Waals surface area contributed by atoms with Gasteiger partial charge in [0.05, 0.1) is 22.7 Å². The van der Waals surface area contributed by atoms with Gasteiger partial charge in [0.25, 0.3) is 5.69 Å². The summed E-state index contributed by atoms with van der Waals surface area (Å²) < 4.78 is 6.86. The summed E-state index contributed by atoms with van der Waals surface area (Å²) >= 11 is 0. The summed E-state index contributed by atoms with van der Waals surface area (Å²) in [4.78, 5) is 24.0. The number of tetrazole rings is 1. The average Bonchev–Trinajstić information content (AvgIpc) is 3.17. The number of nitrogens with zero attached hydrogens (tertiary/aromatic N) is 5. The Hall–Kier alpha value is -3.30. The highest BCUT2D eigenvalue weighted by Gasteiger charge is 2.38. The van der Waals surface area contributed by atoms with Crippen molar-refractivity contribution < 1.29 is 14.5 Å². The van der Waals surface area contributed by atoms with Crippen molar-refractivity contribution in [3.05, 3.63) is 51.2 Å². The first kappa shape index (κ1) is 20.4. The zero-order valence-electron chi connectivity index (χ0n) is 16.5. The number of carbonyl (C=O) groups excluding carboxylic acids is 1. The smallest absolute Gasteiger partial charge is 0.338 e. The first-order valence-electron chi connectivity index (χ1n) is 9.70. The second-order valence-electron chi connectivity index (χ2n) is 6.88. The molecule has 29 heavy (non-hydrogen) atoms. The molecule has 1 aliphatic heterocycles. The van der Waals surface area contributed by atoms with Crippen LogP contribution in [0.1, 0.15) is 57.6 Å². The second kappa shape index (κ2) is 9.26. The monoisotopic (exact) mass is 400 g/mol. The minimum absolute atomic E-state index is 0.112. The van der Waals surface area contributed by atoms with E-state index in [-0.39, 0.29) is 11.3 Å². The summed E-state index contributed by atoms with van der Waals surface area (Å²) in [5.41, 5.74) is 0.972. The fraction of sp³-hybridized carbons (Fsp3) is 0.474. The van der Waals surface area contributed by atoms with Crippen molar-refractivity contribution in [1.29, 1.82) is 0 Å². The molecule has 3 rings (SSSR count). The normalized spacial score (nSPS) is 15.6. The molecule has 10 nitrogen and oxygen atoms in total. The maximum atomic E-state index is 12.9. The lowest BCUT2D eigenvalue weighted by Crippen LogP contribution is -2.30. The molecule has 0 radical (unpaired) electrons. The molecule has 1 unspecified atom stereocenters. The van der Waals surface area contributed by atoms with Gasteiger partial charge < -0.3 is 10.1 Å². The second-order valence-corrected chi connectivity index (χ2v) is 6.88. The van der Waals surface area contributed by atoms with Gasteiger partial charge >= 0.3 is 5.97 Å². The number of benzene rings is 1. The van der Waals surface area contributed by atoms with Crippen molar-refractivity contribution in [2.24, 2.45) is 0 Å². The predicted octanol–water partition coefficient (Wildman–Crippen LogP) is 3.38. The lowest BCUT2D eigenvalue weighted by molar-refractivity contribution is -0.385. The third kappa shape index (κ3) is 4.41. The Balaban J connectivity index is 1.88. The van der Waals surface area contributed by atoms with Crippen LogP contribution in [0.5, 0.6) is 0 Å². The number of nitrogens with one attached hydrogen (secondary N) is 1. The average molecular weight is 400 g/mol. The van der Waals surface area contributed by atoms with Gasteiger partial charge in [-0.25, -0.2) is 4.79 Å². The highest BCUT2D eigenvalue weighted by molar-refractivity contribution is 5.92. The van der Waals surface area contributed by atoms with Crippen LogP contribution in [0.15, 0.2) is 35.5 Å². The summed E-state index contributed by atoms with van der Waals surface area (Å²) in [6, 6.07) is 5.41. The van der Waals surface area contributed by atoms with E-state index in [1.807, 2.05) is 0 Å². The van der Waals surface area contributed by atoms with Crippen LogP contribution >= 0.6 is 0 Å². The maximum absolute atomic E-state index is 12.9. The summed E-state index contributed by atoms with van der Waals surface area (Å²) in [5, 5.41) is 26.0.